The molecule has 0 heterocycles. The van der Waals surface area contributed by atoms with Gasteiger partial charge in [0.2, 0.25) is 0 Å². The van der Waals surface area contributed by atoms with Gasteiger partial charge in [0.05, 0.1) is 11.6 Å². The Morgan fingerprint density at radius 3 is 2.75 bits per heavy atom. The molecule has 5 heteroatoms. The molecule has 20 heavy (non-hydrogen) atoms. The predicted molar refractivity (Wildman–Crippen MR) is 85.9 cm³/mol. The Balaban J connectivity index is 2.17. The summed E-state index contributed by atoms with van der Waals surface area (Å²) in [5.41, 5.74) is 7.72. The first-order chi connectivity index (χ1) is 9.47. The summed E-state index contributed by atoms with van der Waals surface area (Å²) in [6.45, 7) is 1.91. The van der Waals surface area contributed by atoms with Gasteiger partial charge < -0.3 is 11.1 Å². The molecule has 0 saturated carbocycles. The van der Waals surface area contributed by atoms with Crippen LogP contribution in [0.15, 0.2) is 46.9 Å². The van der Waals surface area contributed by atoms with Crippen molar-refractivity contribution in [1.29, 1.82) is 0 Å². The van der Waals surface area contributed by atoms with Crippen LogP contribution in [0.5, 0.6) is 0 Å². The van der Waals surface area contributed by atoms with Gasteiger partial charge in [-0.05, 0) is 58.7 Å². The van der Waals surface area contributed by atoms with Crippen LogP contribution in [0.2, 0.25) is 5.02 Å². The van der Waals surface area contributed by atoms with E-state index in [1.807, 2.05) is 25.1 Å². The van der Waals surface area contributed by atoms with Crippen molar-refractivity contribution in [2.24, 2.45) is 0 Å². The quantitative estimate of drug-likeness (QED) is 0.813. The summed E-state index contributed by atoms with van der Waals surface area (Å²) in [6, 6.07) is 12.4. The lowest BCUT2D eigenvalue weighted by atomic mass is 10.1. The van der Waals surface area contributed by atoms with Crippen LogP contribution in [0, 0.1) is 0 Å². The second-order valence-corrected chi connectivity index (χ2v) is 5.78. The number of benzene rings is 2. The third-order valence-corrected chi connectivity index (χ3v) is 3.86. The molecule has 0 aromatic heterocycles. The molecule has 2 rings (SSSR count). The number of anilines is 1. The van der Waals surface area contributed by atoms with E-state index in [1.54, 1.807) is 24.3 Å². The summed E-state index contributed by atoms with van der Waals surface area (Å²) in [4.78, 5) is 12.3. The number of nitrogens with one attached hydrogen (secondary N) is 1. The van der Waals surface area contributed by atoms with Gasteiger partial charge in [-0.25, -0.2) is 0 Å². The van der Waals surface area contributed by atoms with Crippen molar-refractivity contribution in [2.75, 3.05) is 5.73 Å². The van der Waals surface area contributed by atoms with E-state index in [-0.39, 0.29) is 11.9 Å². The van der Waals surface area contributed by atoms with E-state index in [2.05, 4.69) is 21.2 Å². The van der Waals surface area contributed by atoms with Crippen molar-refractivity contribution < 1.29 is 4.79 Å². The molecular weight excluding hydrogens is 340 g/mol. The van der Waals surface area contributed by atoms with Crippen LogP contribution in [0.25, 0.3) is 0 Å². The highest BCUT2D eigenvalue weighted by Crippen LogP contribution is 2.22. The maximum Gasteiger partial charge on any atom is 0.252 e. The molecule has 0 radical (unpaired) electrons. The molecular formula is C15H14BrClN2O. The van der Waals surface area contributed by atoms with Crippen LogP contribution in [0.4, 0.5) is 5.69 Å². The van der Waals surface area contributed by atoms with Crippen LogP contribution < -0.4 is 11.1 Å². The highest BCUT2D eigenvalue weighted by Gasteiger charge is 2.14. The molecule has 0 bridgehead atoms. The molecule has 1 atom stereocenters. The fraction of sp³-hybridized carbons (Fsp3) is 0.133. The van der Waals surface area contributed by atoms with E-state index < -0.39 is 0 Å². The summed E-state index contributed by atoms with van der Waals surface area (Å²) in [6.07, 6.45) is 0. The smallest absolute Gasteiger partial charge is 0.252 e. The highest BCUT2D eigenvalue weighted by molar-refractivity contribution is 9.10. The number of hydrogen-bond donors (Lipinski definition) is 2. The van der Waals surface area contributed by atoms with Crippen molar-refractivity contribution in [3.63, 3.8) is 0 Å². The summed E-state index contributed by atoms with van der Waals surface area (Å²) in [7, 11) is 0. The molecule has 3 nitrogen and oxygen atoms in total. The van der Waals surface area contributed by atoms with Crippen molar-refractivity contribution in [2.45, 2.75) is 13.0 Å². The third kappa shape index (κ3) is 3.52. The van der Waals surface area contributed by atoms with Crippen molar-refractivity contribution >= 4 is 39.1 Å². The lowest BCUT2D eigenvalue weighted by molar-refractivity contribution is 0.0939. The zero-order chi connectivity index (χ0) is 14.7. The van der Waals surface area contributed by atoms with Gasteiger partial charge in [-0.15, -0.1) is 0 Å². The number of nitrogens with two attached hydrogens (primary N) is 1. The second-order valence-electron chi connectivity index (χ2n) is 4.49. The lowest BCUT2D eigenvalue weighted by Crippen LogP contribution is -2.27. The van der Waals surface area contributed by atoms with Crippen molar-refractivity contribution in [3.8, 4) is 0 Å². The Bertz CT molecular complexity index is 646. The van der Waals surface area contributed by atoms with Crippen LogP contribution >= 0.6 is 27.5 Å². The molecule has 0 spiro atoms. The fourth-order valence-corrected chi connectivity index (χ4v) is 2.48. The lowest BCUT2D eigenvalue weighted by Gasteiger charge is -2.15. The van der Waals surface area contributed by atoms with Gasteiger partial charge in [0, 0.05) is 15.2 Å². The Morgan fingerprint density at radius 1 is 1.30 bits per heavy atom. The molecule has 0 aliphatic rings. The Kier molecular flexibility index (Phi) is 4.68. The van der Waals surface area contributed by atoms with Crippen LogP contribution in [0.1, 0.15) is 28.9 Å². The molecule has 1 amide bonds. The Morgan fingerprint density at radius 2 is 2.05 bits per heavy atom. The number of carbonyl (C=O) groups excluding carboxylic acids is 1. The Labute approximate surface area is 131 Å². The Hall–Kier alpha value is -1.52. The molecule has 1 unspecified atom stereocenters. The van der Waals surface area contributed by atoms with Crippen molar-refractivity contribution in [3.05, 3.63) is 63.1 Å². The van der Waals surface area contributed by atoms with E-state index in [9.17, 15) is 4.79 Å². The van der Waals surface area contributed by atoms with E-state index in [4.69, 9.17) is 17.3 Å². The summed E-state index contributed by atoms with van der Waals surface area (Å²) < 4.78 is 0.711. The first kappa shape index (κ1) is 14.9. The standard InChI is InChI=1S/C15H14BrClN2O/c1-9(10-3-2-4-11(17)7-10)19-15(20)13-8-12(18)5-6-14(13)16/h2-9H,18H2,1H3,(H,19,20). The molecule has 0 aliphatic heterocycles. The third-order valence-electron chi connectivity index (χ3n) is 2.93. The zero-order valence-corrected chi connectivity index (χ0v) is 13.2. The number of nitrogen functional groups attached to an aromatic ring is 1. The first-order valence-corrected chi connectivity index (χ1v) is 7.26. The van der Waals surface area contributed by atoms with Crippen molar-refractivity contribution in [1.82, 2.24) is 5.32 Å². The average molecular weight is 354 g/mol. The van der Waals surface area contributed by atoms with Gasteiger partial charge in [0.15, 0.2) is 0 Å². The maximum atomic E-state index is 12.3. The predicted octanol–water partition coefficient (Wildman–Crippen LogP) is 4.18. The minimum Gasteiger partial charge on any atom is -0.399 e. The normalized spacial score (nSPS) is 11.9. The van der Waals surface area contributed by atoms with Gasteiger partial charge in [-0.1, -0.05) is 23.7 Å². The van der Waals surface area contributed by atoms with E-state index in [1.165, 1.54) is 0 Å². The van der Waals surface area contributed by atoms with Crippen LogP contribution in [-0.2, 0) is 0 Å². The second kappa shape index (κ2) is 6.29. The fourth-order valence-electron chi connectivity index (χ4n) is 1.85. The van der Waals surface area contributed by atoms with Gasteiger partial charge in [-0.2, -0.15) is 0 Å². The SMILES string of the molecule is CC(NC(=O)c1cc(N)ccc1Br)c1cccc(Cl)c1. The summed E-state index contributed by atoms with van der Waals surface area (Å²) in [5, 5.41) is 3.57. The molecule has 3 N–H and O–H groups in total. The van der Waals surface area contributed by atoms with Crippen LogP contribution in [-0.4, -0.2) is 5.91 Å². The molecule has 0 aliphatic carbocycles. The largest absolute Gasteiger partial charge is 0.399 e. The number of hydrogen-bond acceptors (Lipinski definition) is 2. The molecule has 2 aromatic rings. The zero-order valence-electron chi connectivity index (χ0n) is 10.9. The summed E-state index contributed by atoms with van der Waals surface area (Å²) in [5.74, 6) is -0.184. The van der Waals surface area contributed by atoms with Gasteiger partial charge in [-0.3, -0.25) is 4.79 Å². The van der Waals surface area contributed by atoms with E-state index in [0.717, 1.165) is 5.56 Å². The number of rotatable bonds is 3. The first-order valence-electron chi connectivity index (χ1n) is 6.08. The monoisotopic (exact) mass is 352 g/mol. The molecule has 2 aromatic carbocycles. The van der Waals surface area contributed by atoms with E-state index >= 15 is 0 Å². The molecule has 0 saturated heterocycles. The highest BCUT2D eigenvalue weighted by atomic mass is 79.9. The van der Waals surface area contributed by atoms with Gasteiger partial charge in [0.25, 0.3) is 5.91 Å². The minimum absolute atomic E-state index is 0.144. The summed E-state index contributed by atoms with van der Waals surface area (Å²) >= 11 is 9.30. The maximum absolute atomic E-state index is 12.3. The molecule has 104 valence electrons. The number of halogens is 2. The van der Waals surface area contributed by atoms with Gasteiger partial charge in [0.1, 0.15) is 0 Å². The molecule has 0 fully saturated rings. The average Bonchev–Trinajstić information content (AvgIpc) is 2.41. The number of carbonyl (C=O) groups is 1. The van der Waals surface area contributed by atoms with Crippen LogP contribution in [0.3, 0.4) is 0 Å². The van der Waals surface area contributed by atoms with Gasteiger partial charge >= 0.3 is 0 Å². The topological polar surface area (TPSA) is 55.1 Å². The number of amides is 1. The van der Waals surface area contributed by atoms with E-state index in [0.29, 0.717) is 20.7 Å². The minimum atomic E-state index is -0.184.